The summed E-state index contributed by atoms with van der Waals surface area (Å²) in [5.74, 6) is -0.449. The van der Waals surface area contributed by atoms with Gasteiger partial charge in [0, 0.05) is 30.6 Å². The second-order valence-corrected chi connectivity index (χ2v) is 12.2. The number of carbonyl (C=O) groups is 2. The lowest BCUT2D eigenvalue weighted by Gasteiger charge is -2.27. The van der Waals surface area contributed by atoms with Crippen molar-refractivity contribution in [2.75, 3.05) is 0 Å². The van der Waals surface area contributed by atoms with Crippen molar-refractivity contribution in [3.05, 3.63) is 89.4 Å². The average molecular weight is 573 g/mol. The van der Waals surface area contributed by atoms with E-state index in [-0.39, 0.29) is 36.0 Å². The van der Waals surface area contributed by atoms with Gasteiger partial charge >= 0.3 is 5.97 Å². The number of hydrogen-bond acceptors (Lipinski definition) is 4. The third kappa shape index (κ3) is 6.36. The van der Waals surface area contributed by atoms with Gasteiger partial charge in [-0.05, 0) is 59.6 Å². The minimum Gasteiger partial charge on any atom is -0.462 e. The molecule has 1 saturated heterocycles. The standard InChI is InChI=1S/C35H41FN2O4/c1-21(2)33-32(35(41)37-29-11-6-5-9-23(29)4)31(25-10-7-8-22(3)18-25)34(24-12-14-26(36)15-13-24)38(33)17-16-28-19-27(39)20-30(40)42-28/h5-15,21-23,27-29,39H,16-20H2,1-4H3,(H,37,41)/t22?,23?,27-,28?,29?/m1/s1. The van der Waals surface area contributed by atoms with Gasteiger partial charge in [-0.2, -0.15) is 0 Å². The molecule has 5 atom stereocenters. The van der Waals surface area contributed by atoms with E-state index in [9.17, 15) is 19.1 Å². The maximum absolute atomic E-state index is 14.4. The van der Waals surface area contributed by atoms with Gasteiger partial charge in [-0.3, -0.25) is 9.59 Å². The lowest BCUT2D eigenvalue weighted by molar-refractivity contribution is -0.160. The maximum atomic E-state index is 14.4. The summed E-state index contributed by atoms with van der Waals surface area (Å²) in [5, 5.41) is 13.5. The minimum absolute atomic E-state index is 0.00957. The number of benzene rings is 1. The van der Waals surface area contributed by atoms with E-state index >= 15 is 0 Å². The molecule has 1 amide bonds. The molecule has 5 rings (SSSR count). The van der Waals surface area contributed by atoms with Crippen LogP contribution in [0.4, 0.5) is 4.39 Å². The zero-order valence-corrected chi connectivity index (χ0v) is 24.8. The average Bonchev–Trinajstić information content (AvgIpc) is 3.29. The van der Waals surface area contributed by atoms with Gasteiger partial charge in [0.05, 0.1) is 29.8 Å². The third-order valence-corrected chi connectivity index (χ3v) is 8.41. The highest BCUT2D eigenvalue weighted by atomic mass is 19.1. The molecule has 0 radical (unpaired) electrons. The second kappa shape index (κ2) is 12.7. The molecule has 0 spiro atoms. The van der Waals surface area contributed by atoms with Crippen molar-refractivity contribution >= 4 is 17.4 Å². The van der Waals surface area contributed by atoms with Crippen LogP contribution in [0.1, 0.15) is 80.9 Å². The van der Waals surface area contributed by atoms with Gasteiger partial charge in [-0.25, -0.2) is 4.39 Å². The Labute approximate surface area is 247 Å². The van der Waals surface area contributed by atoms with Crippen LogP contribution in [0.2, 0.25) is 0 Å². The third-order valence-electron chi connectivity index (χ3n) is 8.41. The lowest BCUT2D eigenvalue weighted by Crippen LogP contribution is -2.38. The fourth-order valence-corrected chi connectivity index (χ4v) is 6.38. The molecule has 1 aromatic heterocycles. The molecule has 1 fully saturated rings. The van der Waals surface area contributed by atoms with Gasteiger partial charge in [-0.1, -0.05) is 70.2 Å². The fourth-order valence-electron chi connectivity index (χ4n) is 6.38. The van der Waals surface area contributed by atoms with Crippen LogP contribution in [0.5, 0.6) is 0 Å². The number of aromatic nitrogens is 1. The van der Waals surface area contributed by atoms with Crippen molar-refractivity contribution in [2.24, 2.45) is 11.8 Å². The van der Waals surface area contributed by atoms with Crippen LogP contribution in [0.3, 0.4) is 0 Å². The highest BCUT2D eigenvalue weighted by molar-refractivity contribution is 6.04. The van der Waals surface area contributed by atoms with Gasteiger partial charge in [0.1, 0.15) is 11.9 Å². The molecule has 3 aliphatic rings. The molecule has 2 N–H and O–H groups in total. The van der Waals surface area contributed by atoms with Crippen molar-refractivity contribution in [1.29, 1.82) is 0 Å². The first-order valence-electron chi connectivity index (χ1n) is 15.1. The molecule has 1 aliphatic heterocycles. The molecule has 42 heavy (non-hydrogen) atoms. The first-order valence-corrected chi connectivity index (χ1v) is 15.1. The summed E-state index contributed by atoms with van der Waals surface area (Å²) >= 11 is 0. The van der Waals surface area contributed by atoms with E-state index in [4.69, 9.17) is 4.74 Å². The summed E-state index contributed by atoms with van der Waals surface area (Å²) in [7, 11) is 0. The van der Waals surface area contributed by atoms with Crippen LogP contribution in [-0.2, 0) is 16.1 Å². The predicted octanol–water partition coefficient (Wildman–Crippen LogP) is 6.71. The zero-order valence-electron chi connectivity index (χ0n) is 24.8. The van der Waals surface area contributed by atoms with Gasteiger partial charge < -0.3 is 19.7 Å². The Kier molecular flexibility index (Phi) is 8.97. The van der Waals surface area contributed by atoms with Crippen LogP contribution in [-0.4, -0.2) is 39.8 Å². The number of allylic oxidation sites excluding steroid dienone is 6. The Hall–Kier alpha value is -3.71. The van der Waals surface area contributed by atoms with Crippen molar-refractivity contribution in [1.82, 2.24) is 9.88 Å². The smallest absolute Gasteiger partial charge is 0.308 e. The summed E-state index contributed by atoms with van der Waals surface area (Å²) < 4.78 is 21.9. The number of esters is 1. The number of nitrogens with zero attached hydrogens (tertiary/aromatic N) is 1. The van der Waals surface area contributed by atoms with Crippen LogP contribution >= 0.6 is 0 Å². The molecule has 0 bridgehead atoms. The number of ether oxygens (including phenoxy) is 1. The summed E-state index contributed by atoms with van der Waals surface area (Å²) in [6.07, 6.45) is 14.8. The van der Waals surface area contributed by atoms with E-state index in [1.54, 1.807) is 12.1 Å². The number of aliphatic hydroxyl groups is 1. The number of amides is 1. The van der Waals surface area contributed by atoms with Gasteiger partial charge in [0.25, 0.3) is 5.91 Å². The highest BCUT2D eigenvalue weighted by Crippen LogP contribution is 2.43. The van der Waals surface area contributed by atoms with Gasteiger partial charge in [0.15, 0.2) is 0 Å². The summed E-state index contributed by atoms with van der Waals surface area (Å²) in [6, 6.07) is 6.28. The maximum Gasteiger partial charge on any atom is 0.308 e. The first-order chi connectivity index (χ1) is 20.1. The van der Waals surface area contributed by atoms with E-state index in [2.05, 4.69) is 55.8 Å². The Balaban J connectivity index is 1.69. The highest BCUT2D eigenvalue weighted by Gasteiger charge is 2.34. The van der Waals surface area contributed by atoms with E-state index < -0.39 is 18.2 Å². The summed E-state index contributed by atoms with van der Waals surface area (Å²) in [5.41, 5.74) is 5.10. The van der Waals surface area contributed by atoms with E-state index in [1.807, 2.05) is 24.3 Å². The normalized spacial score (nSPS) is 25.5. The predicted molar refractivity (Wildman–Crippen MR) is 163 cm³/mol. The topological polar surface area (TPSA) is 80.6 Å². The number of nitrogens with one attached hydrogen (secondary N) is 1. The van der Waals surface area contributed by atoms with Crippen LogP contribution in [0.25, 0.3) is 16.8 Å². The van der Waals surface area contributed by atoms with Gasteiger partial charge in [0.2, 0.25) is 0 Å². The Morgan fingerprint density at radius 2 is 1.83 bits per heavy atom. The summed E-state index contributed by atoms with van der Waals surface area (Å²) in [6.45, 7) is 8.86. The molecular weight excluding hydrogens is 531 g/mol. The number of aliphatic hydroxyl groups excluding tert-OH is 1. The minimum atomic E-state index is -0.723. The quantitative estimate of drug-likeness (QED) is 0.345. The molecule has 1 aromatic carbocycles. The number of rotatable bonds is 8. The van der Waals surface area contributed by atoms with Crippen molar-refractivity contribution in [2.45, 2.75) is 84.1 Å². The zero-order chi connectivity index (χ0) is 30.0. The number of cyclic esters (lactones) is 1. The molecule has 7 heteroatoms. The van der Waals surface area contributed by atoms with Crippen molar-refractivity contribution in [3.8, 4) is 11.3 Å². The number of hydrogen-bond donors (Lipinski definition) is 2. The molecule has 2 heterocycles. The Morgan fingerprint density at radius 3 is 2.50 bits per heavy atom. The largest absolute Gasteiger partial charge is 0.462 e. The van der Waals surface area contributed by atoms with Gasteiger partial charge in [-0.15, -0.1) is 0 Å². The van der Waals surface area contributed by atoms with Crippen LogP contribution < -0.4 is 5.32 Å². The second-order valence-electron chi connectivity index (χ2n) is 12.2. The molecule has 222 valence electrons. The van der Waals surface area contributed by atoms with E-state index in [0.29, 0.717) is 30.9 Å². The summed E-state index contributed by atoms with van der Waals surface area (Å²) in [4.78, 5) is 26.5. The van der Waals surface area contributed by atoms with E-state index in [1.165, 1.54) is 12.1 Å². The SMILES string of the molecule is CC1C=CC=C(c2c(C(=O)NC3C=CC=CC3C)c(C(C)C)n(CCC3C[C@@H](O)CC(=O)O3)c2-c2ccc(F)cc2)C1. The molecule has 4 unspecified atom stereocenters. The van der Waals surface area contributed by atoms with E-state index in [0.717, 1.165) is 34.5 Å². The Morgan fingerprint density at radius 1 is 1.10 bits per heavy atom. The monoisotopic (exact) mass is 572 g/mol. The fraction of sp³-hybridized carbons (Fsp3) is 0.429. The Bertz CT molecular complexity index is 1450. The molecule has 2 aliphatic carbocycles. The number of carbonyl (C=O) groups excluding carboxylic acids is 2. The first kappa shape index (κ1) is 29.8. The molecular formula is C35H41FN2O4. The van der Waals surface area contributed by atoms with Crippen molar-refractivity contribution in [3.63, 3.8) is 0 Å². The van der Waals surface area contributed by atoms with Crippen LogP contribution in [0.15, 0.2) is 66.8 Å². The molecule has 2 aromatic rings. The number of halogens is 1. The van der Waals surface area contributed by atoms with Crippen LogP contribution in [0, 0.1) is 17.7 Å². The molecule has 6 nitrogen and oxygen atoms in total. The molecule has 0 saturated carbocycles. The lowest BCUT2D eigenvalue weighted by atomic mass is 9.86. The van der Waals surface area contributed by atoms with Crippen molar-refractivity contribution < 1.29 is 23.8 Å².